The molecule has 1 fully saturated rings. The fourth-order valence-electron chi connectivity index (χ4n) is 2.70. The molecule has 1 unspecified atom stereocenters. The minimum atomic E-state index is 0.0694. The molecule has 0 saturated carbocycles. The molecule has 1 aromatic carbocycles. The summed E-state index contributed by atoms with van der Waals surface area (Å²) in [6.45, 7) is 1.40. The molecule has 3 heterocycles. The van der Waals surface area contributed by atoms with Gasteiger partial charge in [-0.3, -0.25) is 4.79 Å². The van der Waals surface area contributed by atoms with Crippen molar-refractivity contribution in [2.24, 2.45) is 0 Å². The Morgan fingerprint density at radius 2 is 2.14 bits per heavy atom. The zero-order valence-electron chi connectivity index (χ0n) is 11.2. The Hall–Kier alpha value is -2.28. The number of fused-ring (bicyclic) bond motifs is 1. The molecule has 1 atom stereocenters. The first-order valence-electron chi connectivity index (χ1n) is 6.79. The van der Waals surface area contributed by atoms with Gasteiger partial charge in [-0.2, -0.15) is 15.0 Å². The van der Waals surface area contributed by atoms with Crippen molar-refractivity contribution in [3.63, 3.8) is 0 Å². The SMILES string of the molecule is O=C(c1ccc2ncsc2c1)N1CCC(n2nccn2)C1. The number of carbonyl (C=O) groups is 1. The molecule has 0 aliphatic carbocycles. The summed E-state index contributed by atoms with van der Waals surface area (Å²) in [6, 6.07) is 5.86. The van der Waals surface area contributed by atoms with Gasteiger partial charge in [0.05, 0.1) is 34.2 Å². The van der Waals surface area contributed by atoms with Crippen LogP contribution in [0.4, 0.5) is 0 Å². The van der Waals surface area contributed by atoms with E-state index < -0.39 is 0 Å². The van der Waals surface area contributed by atoms with Crippen LogP contribution in [0, 0.1) is 0 Å². The van der Waals surface area contributed by atoms with Crippen molar-refractivity contribution in [2.45, 2.75) is 12.5 Å². The number of benzene rings is 1. The van der Waals surface area contributed by atoms with Crippen molar-refractivity contribution >= 4 is 27.5 Å². The molecule has 4 rings (SSSR count). The lowest BCUT2D eigenvalue weighted by atomic mass is 10.2. The Labute approximate surface area is 125 Å². The van der Waals surface area contributed by atoms with Crippen LogP contribution >= 0.6 is 11.3 Å². The standard InChI is InChI=1S/C14H13N5OS/c20-14(10-1-2-12-13(7-10)21-9-15-12)18-6-3-11(8-18)19-16-4-5-17-19/h1-2,4-5,7,9,11H,3,6,8H2. The molecule has 0 radical (unpaired) electrons. The smallest absolute Gasteiger partial charge is 0.253 e. The molecular formula is C14H13N5OS. The summed E-state index contributed by atoms with van der Waals surface area (Å²) >= 11 is 1.55. The molecule has 7 heteroatoms. The summed E-state index contributed by atoms with van der Waals surface area (Å²) in [4.78, 5) is 20.4. The number of hydrogen-bond acceptors (Lipinski definition) is 5. The topological polar surface area (TPSA) is 63.9 Å². The van der Waals surface area contributed by atoms with Crippen LogP contribution in [-0.4, -0.2) is 43.9 Å². The number of thiazole rings is 1. The fraction of sp³-hybridized carbons (Fsp3) is 0.286. The number of aromatic nitrogens is 4. The summed E-state index contributed by atoms with van der Waals surface area (Å²) in [6.07, 6.45) is 4.23. The van der Waals surface area contributed by atoms with Gasteiger partial charge in [0.25, 0.3) is 5.91 Å². The van der Waals surface area contributed by atoms with Gasteiger partial charge in [-0.1, -0.05) is 0 Å². The maximum absolute atomic E-state index is 12.6. The van der Waals surface area contributed by atoms with Gasteiger partial charge in [0.2, 0.25) is 0 Å². The van der Waals surface area contributed by atoms with Crippen LogP contribution in [0.1, 0.15) is 22.8 Å². The minimum Gasteiger partial charge on any atom is -0.336 e. The van der Waals surface area contributed by atoms with Crippen LogP contribution in [-0.2, 0) is 0 Å². The van der Waals surface area contributed by atoms with Gasteiger partial charge in [0, 0.05) is 18.7 Å². The number of carbonyl (C=O) groups excluding carboxylic acids is 1. The molecular weight excluding hydrogens is 286 g/mol. The van der Waals surface area contributed by atoms with E-state index in [0.29, 0.717) is 6.54 Å². The maximum atomic E-state index is 12.6. The molecule has 106 valence electrons. The molecule has 0 bridgehead atoms. The Morgan fingerprint density at radius 3 is 3.00 bits per heavy atom. The molecule has 1 aliphatic rings. The van der Waals surface area contributed by atoms with Gasteiger partial charge < -0.3 is 4.90 Å². The lowest BCUT2D eigenvalue weighted by Gasteiger charge is -2.16. The summed E-state index contributed by atoms with van der Waals surface area (Å²) in [5.41, 5.74) is 3.46. The van der Waals surface area contributed by atoms with Gasteiger partial charge in [-0.05, 0) is 24.6 Å². The summed E-state index contributed by atoms with van der Waals surface area (Å²) in [7, 11) is 0. The number of amides is 1. The molecule has 0 spiro atoms. The van der Waals surface area contributed by atoms with Gasteiger partial charge in [-0.25, -0.2) is 4.98 Å². The van der Waals surface area contributed by atoms with Crippen LogP contribution in [0.25, 0.3) is 10.2 Å². The Bertz CT molecular complexity index is 782. The molecule has 1 aliphatic heterocycles. The third-order valence-corrected chi connectivity index (χ3v) is 4.58. The van der Waals surface area contributed by atoms with Crippen molar-refractivity contribution in [1.29, 1.82) is 0 Å². The largest absolute Gasteiger partial charge is 0.336 e. The van der Waals surface area contributed by atoms with Crippen LogP contribution in [0.15, 0.2) is 36.1 Å². The molecule has 0 N–H and O–H groups in total. The van der Waals surface area contributed by atoms with E-state index in [1.165, 1.54) is 0 Å². The zero-order chi connectivity index (χ0) is 14.2. The molecule has 21 heavy (non-hydrogen) atoms. The van der Waals surface area contributed by atoms with Crippen LogP contribution in [0.2, 0.25) is 0 Å². The van der Waals surface area contributed by atoms with E-state index in [-0.39, 0.29) is 11.9 Å². The number of likely N-dealkylation sites (tertiary alicyclic amines) is 1. The number of hydrogen-bond donors (Lipinski definition) is 0. The Balaban J connectivity index is 1.55. The highest BCUT2D eigenvalue weighted by atomic mass is 32.1. The van der Waals surface area contributed by atoms with E-state index in [2.05, 4.69) is 15.2 Å². The van der Waals surface area contributed by atoms with Gasteiger partial charge in [-0.15, -0.1) is 11.3 Å². The number of nitrogens with zero attached hydrogens (tertiary/aromatic N) is 5. The second-order valence-corrected chi connectivity index (χ2v) is 5.96. The summed E-state index contributed by atoms with van der Waals surface area (Å²) in [5.74, 6) is 0.0694. The minimum absolute atomic E-state index is 0.0694. The predicted molar refractivity (Wildman–Crippen MR) is 79.2 cm³/mol. The summed E-state index contributed by atoms with van der Waals surface area (Å²) in [5, 5.41) is 8.32. The predicted octanol–water partition coefficient (Wildman–Crippen LogP) is 1.97. The lowest BCUT2D eigenvalue weighted by Crippen LogP contribution is -2.29. The highest BCUT2D eigenvalue weighted by molar-refractivity contribution is 7.16. The van der Waals surface area contributed by atoms with Gasteiger partial charge >= 0.3 is 0 Å². The van der Waals surface area contributed by atoms with Crippen molar-refractivity contribution in [3.05, 3.63) is 41.7 Å². The molecule has 2 aromatic heterocycles. The molecule has 3 aromatic rings. The Kier molecular flexibility index (Phi) is 2.92. The van der Waals surface area contributed by atoms with Crippen molar-refractivity contribution in [3.8, 4) is 0 Å². The first-order valence-corrected chi connectivity index (χ1v) is 7.67. The van der Waals surface area contributed by atoms with Crippen LogP contribution in [0.5, 0.6) is 0 Å². The van der Waals surface area contributed by atoms with Crippen molar-refractivity contribution in [1.82, 2.24) is 24.9 Å². The average Bonchev–Trinajstić information content (AvgIpc) is 3.24. The third kappa shape index (κ3) is 2.19. The second kappa shape index (κ2) is 4.92. The van der Waals surface area contributed by atoms with Gasteiger partial charge in [0.1, 0.15) is 0 Å². The quantitative estimate of drug-likeness (QED) is 0.726. The zero-order valence-corrected chi connectivity index (χ0v) is 12.0. The van der Waals surface area contributed by atoms with Crippen LogP contribution < -0.4 is 0 Å². The van der Waals surface area contributed by atoms with Crippen molar-refractivity contribution in [2.75, 3.05) is 13.1 Å². The normalized spacial score (nSPS) is 18.5. The first-order chi connectivity index (χ1) is 10.3. The number of rotatable bonds is 2. The lowest BCUT2D eigenvalue weighted by molar-refractivity contribution is 0.0786. The van der Waals surface area contributed by atoms with Crippen LogP contribution in [0.3, 0.4) is 0 Å². The van der Waals surface area contributed by atoms with Crippen molar-refractivity contribution < 1.29 is 4.79 Å². The molecule has 6 nitrogen and oxygen atoms in total. The van der Waals surface area contributed by atoms with Gasteiger partial charge in [0.15, 0.2) is 0 Å². The molecule has 1 saturated heterocycles. The van der Waals surface area contributed by atoms with E-state index in [0.717, 1.165) is 28.7 Å². The first kappa shape index (κ1) is 12.5. The highest BCUT2D eigenvalue weighted by Gasteiger charge is 2.29. The maximum Gasteiger partial charge on any atom is 0.253 e. The van der Waals surface area contributed by atoms with E-state index >= 15 is 0 Å². The average molecular weight is 299 g/mol. The van der Waals surface area contributed by atoms with E-state index in [4.69, 9.17) is 0 Å². The van der Waals surface area contributed by atoms with E-state index in [9.17, 15) is 4.79 Å². The molecule has 1 amide bonds. The fourth-order valence-corrected chi connectivity index (χ4v) is 3.42. The van der Waals surface area contributed by atoms with E-state index in [1.807, 2.05) is 23.1 Å². The Morgan fingerprint density at radius 1 is 1.29 bits per heavy atom. The third-order valence-electron chi connectivity index (χ3n) is 3.79. The summed E-state index contributed by atoms with van der Waals surface area (Å²) < 4.78 is 1.05. The monoisotopic (exact) mass is 299 g/mol. The highest BCUT2D eigenvalue weighted by Crippen LogP contribution is 2.24. The second-order valence-electron chi connectivity index (χ2n) is 5.08. The van der Waals surface area contributed by atoms with E-state index in [1.54, 1.807) is 34.0 Å².